The molecule has 0 aliphatic heterocycles. The third-order valence-corrected chi connectivity index (χ3v) is 4.86. The molecular weight excluding hydrogens is 312 g/mol. The van der Waals surface area contributed by atoms with Crippen molar-refractivity contribution in [1.82, 2.24) is 5.32 Å². The first-order valence-electron chi connectivity index (χ1n) is 9.07. The van der Waals surface area contributed by atoms with Crippen molar-refractivity contribution in [1.29, 1.82) is 0 Å². The molecule has 25 heavy (non-hydrogen) atoms. The minimum absolute atomic E-state index is 0.273. The van der Waals surface area contributed by atoms with Gasteiger partial charge >= 0.3 is 6.03 Å². The summed E-state index contributed by atoms with van der Waals surface area (Å²) in [6.07, 6.45) is 5.92. The molecule has 132 valence electrons. The average molecular weight is 338 g/mol. The van der Waals surface area contributed by atoms with E-state index < -0.39 is 5.60 Å². The molecule has 0 bridgehead atoms. The summed E-state index contributed by atoms with van der Waals surface area (Å²) in [5.41, 5.74) is 2.24. The summed E-state index contributed by atoms with van der Waals surface area (Å²) in [5, 5.41) is 16.2. The lowest BCUT2D eigenvalue weighted by Gasteiger charge is -2.26. The molecule has 2 aromatic carbocycles. The zero-order valence-electron chi connectivity index (χ0n) is 14.5. The minimum atomic E-state index is -0.759. The van der Waals surface area contributed by atoms with Gasteiger partial charge in [-0.2, -0.15) is 0 Å². The zero-order valence-corrected chi connectivity index (χ0v) is 14.5. The Morgan fingerprint density at radius 3 is 2.12 bits per heavy atom. The quantitative estimate of drug-likeness (QED) is 0.716. The van der Waals surface area contributed by atoms with E-state index in [1.165, 1.54) is 12.8 Å². The number of hydrogen-bond donors (Lipinski definition) is 3. The first kappa shape index (κ1) is 17.5. The minimum Gasteiger partial charge on any atom is -0.388 e. The highest BCUT2D eigenvalue weighted by molar-refractivity contribution is 5.89. The van der Waals surface area contributed by atoms with Gasteiger partial charge in [0.1, 0.15) is 0 Å². The van der Waals surface area contributed by atoms with Crippen molar-refractivity contribution in [2.75, 3.05) is 11.9 Å². The largest absolute Gasteiger partial charge is 0.388 e. The van der Waals surface area contributed by atoms with Crippen LogP contribution >= 0.6 is 0 Å². The van der Waals surface area contributed by atoms with E-state index in [9.17, 15) is 9.90 Å². The third kappa shape index (κ3) is 5.07. The zero-order chi connectivity index (χ0) is 17.5. The summed E-state index contributed by atoms with van der Waals surface area (Å²) in [6.45, 7) is 0.306. The van der Waals surface area contributed by atoms with Gasteiger partial charge in [0, 0.05) is 12.2 Å². The number of rotatable bonds is 4. The second-order valence-electron chi connectivity index (χ2n) is 6.89. The van der Waals surface area contributed by atoms with Crippen molar-refractivity contribution >= 4 is 11.7 Å². The topological polar surface area (TPSA) is 61.4 Å². The van der Waals surface area contributed by atoms with Crippen LogP contribution in [0.3, 0.4) is 0 Å². The number of carbonyl (C=O) groups is 1. The molecule has 1 fully saturated rings. The molecule has 2 amide bonds. The molecule has 3 rings (SSSR count). The Morgan fingerprint density at radius 2 is 1.48 bits per heavy atom. The van der Waals surface area contributed by atoms with E-state index in [1.807, 2.05) is 42.5 Å². The van der Waals surface area contributed by atoms with Crippen LogP contribution in [0.15, 0.2) is 54.6 Å². The molecule has 4 nitrogen and oxygen atoms in total. The first-order valence-corrected chi connectivity index (χ1v) is 9.07. The van der Waals surface area contributed by atoms with Crippen molar-refractivity contribution in [3.8, 4) is 11.1 Å². The van der Waals surface area contributed by atoms with Crippen LogP contribution in [0, 0.1) is 0 Å². The Kier molecular flexibility index (Phi) is 5.71. The highest BCUT2D eigenvalue weighted by Gasteiger charge is 2.28. The Bertz CT molecular complexity index is 675. The highest BCUT2D eigenvalue weighted by Crippen LogP contribution is 2.26. The van der Waals surface area contributed by atoms with Gasteiger partial charge in [-0.05, 0) is 36.1 Å². The van der Waals surface area contributed by atoms with E-state index in [-0.39, 0.29) is 6.03 Å². The standard InChI is InChI=1S/C21H26N2O2/c24-20(22-16-21(25)14-6-1-2-7-15-21)23-19-12-10-18(11-13-19)17-8-4-3-5-9-17/h3-5,8-13,25H,1-2,6-7,14-16H2,(H2,22,23,24). The number of amides is 2. The van der Waals surface area contributed by atoms with E-state index in [2.05, 4.69) is 22.8 Å². The molecule has 3 N–H and O–H groups in total. The molecule has 0 atom stereocenters. The fourth-order valence-electron chi connectivity index (χ4n) is 3.36. The molecule has 0 aromatic heterocycles. The maximum Gasteiger partial charge on any atom is 0.319 e. The second-order valence-corrected chi connectivity index (χ2v) is 6.89. The van der Waals surface area contributed by atoms with E-state index >= 15 is 0 Å². The maximum atomic E-state index is 12.1. The Labute approximate surface area is 149 Å². The lowest BCUT2D eigenvalue weighted by Crippen LogP contribution is -2.44. The van der Waals surface area contributed by atoms with Crippen LogP contribution in [0.2, 0.25) is 0 Å². The lowest BCUT2D eigenvalue weighted by molar-refractivity contribution is 0.0281. The number of benzene rings is 2. The maximum absolute atomic E-state index is 12.1. The van der Waals surface area contributed by atoms with Crippen molar-refractivity contribution in [2.45, 2.75) is 44.1 Å². The summed E-state index contributed by atoms with van der Waals surface area (Å²) < 4.78 is 0. The molecule has 0 unspecified atom stereocenters. The van der Waals surface area contributed by atoms with Crippen LogP contribution in [-0.2, 0) is 0 Å². The molecule has 0 heterocycles. The van der Waals surface area contributed by atoms with Crippen LogP contribution in [0.5, 0.6) is 0 Å². The van der Waals surface area contributed by atoms with E-state index in [0.717, 1.165) is 42.5 Å². The molecule has 0 radical (unpaired) electrons. The molecule has 1 aliphatic carbocycles. The molecule has 1 aliphatic rings. The van der Waals surface area contributed by atoms with Crippen LogP contribution in [0.4, 0.5) is 10.5 Å². The average Bonchev–Trinajstić information content (AvgIpc) is 2.87. The van der Waals surface area contributed by atoms with Crippen LogP contribution in [0.25, 0.3) is 11.1 Å². The molecule has 0 saturated heterocycles. The predicted octanol–water partition coefficient (Wildman–Crippen LogP) is 4.56. The van der Waals surface area contributed by atoms with Crippen molar-refractivity contribution < 1.29 is 9.90 Å². The predicted molar refractivity (Wildman–Crippen MR) is 102 cm³/mol. The Hall–Kier alpha value is -2.33. The number of nitrogens with one attached hydrogen (secondary N) is 2. The summed E-state index contributed by atoms with van der Waals surface area (Å²) in [4.78, 5) is 12.1. The number of hydrogen-bond acceptors (Lipinski definition) is 2. The van der Waals surface area contributed by atoms with Crippen molar-refractivity contribution in [3.63, 3.8) is 0 Å². The molecular formula is C21H26N2O2. The van der Waals surface area contributed by atoms with Gasteiger partial charge in [-0.1, -0.05) is 68.1 Å². The lowest BCUT2D eigenvalue weighted by atomic mass is 9.95. The Balaban J connectivity index is 1.52. The third-order valence-electron chi connectivity index (χ3n) is 4.86. The van der Waals surface area contributed by atoms with Gasteiger partial charge in [0.2, 0.25) is 0 Å². The van der Waals surface area contributed by atoms with Gasteiger partial charge in [0.05, 0.1) is 5.60 Å². The summed E-state index contributed by atoms with van der Waals surface area (Å²) >= 11 is 0. The summed E-state index contributed by atoms with van der Waals surface area (Å²) in [6, 6.07) is 17.6. The highest BCUT2D eigenvalue weighted by atomic mass is 16.3. The van der Waals surface area contributed by atoms with E-state index in [0.29, 0.717) is 6.54 Å². The molecule has 2 aromatic rings. The van der Waals surface area contributed by atoms with E-state index in [1.54, 1.807) is 0 Å². The summed E-state index contributed by atoms with van der Waals surface area (Å²) in [7, 11) is 0. The SMILES string of the molecule is O=C(NCC1(O)CCCCCC1)Nc1ccc(-c2ccccc2)cc1. The van der Waals surface area contributed by atoms with Gasteiger partial charge in [-0.3, -0.25) is 0 Å². The molecule has 0 spiro atoms. The van der Waals surface area contributed by atoms with Gasteiger partial charge in [0.15, 0.2) is 0 Å². The fourth-order valence-corrected chi connectivity index (χ4v) is 3.36. The molecule has 1 saturated carbocycles. The van der Waals surface area contributed by atoms with Crippen LogP contribution < -0.4 is 10.6 Å². The Morgan fingerprint density at radius 1 is 0.880 bits per heavy atom. The van der Waals surface area contributed by atoms with Crippen molar-refractivity contribution in [2.24, 2.45) is 0 Å². The normalized spacial score (nSPS) is 16.7. The number of anilines is 1. The monoisotopic (exact) mass is 338 g/mol. The van der Waals surface area contributed by atoms with Gasteiger partial charge in [-0.25, -0.2) is 4.79 Å². The number of urea groups is 1. The first-order chi connectivity index (χ1) is 12.1. The smallest absolute Gasteiger partial charge is 0.319 e. The van der Waals surface area contributed by atoms with E-state index in [4.69, 9.17) is 0 Å². The van der Waals surface area contributed by atoms with Crippen LogP contribution in [-0.4, -0.2) is 23.3 Å². The van der Waals surface area contributed by atoms with Crippen molar-refractivity contribution in [3.05, 3.63) is 54.6 Å². The van der Waals surface area contributed by atoms with Gasteiger partial charge in [-0.15, -0.1) is 0 Å². The molecule has 4 heteroatoms. The number of aliphatic hydroxyl groups is 1. The van der Waals surface area contributed by atoms with Gasteiger partial charge in [0.25, 0.3) is 0 Å². The second kappa shape index (κ2) is 8.17. The van der Waals surface area contributed by atoms with Crippen LogP contribution in [0.1, 0.15) is 38.5 Å². The fraction of sp³-hybridized carbons (Fsp3) is 0.381. The number of carbonyl (C=O) groups excluding carboxylic acids is 1. The van der Waals surface area contributed by atoms with Gasteiger partial charge < -0.3 is 15.7 Å². The summed E-state index contributed by atoms with van der Waals surface area (Å²) in [5.74, 6) is 0.